The molecule has 0 rings (SSSR count). The first-order valence-corrected chi connectivity index (χ1v) is 11.0. The number of hydrogen-bond acceptors (Lipinski definition) is 0. The van der Waals surface area contributed by atoms with Gasteiger partial charge in [-0.3, -0.25) is 0 Å². The first kappa shape index (κ1) is 22.7. The molecule has 0 aliphatic carbocycles. The highest BCUT2D eigenvalue weighted by Gasteiger charge is 1.94. The maximum atomic E-state index is 2.30. The molecular formula is C23H46. The highest BCUT2D eigenvalue weighted by Crippen LogP contribution is 2.14. The van der Waals surface area contributed by atoms with Crippen LogP contribution in [0, 0.1) is 0 Å². The predicted molar refractivity (Wildman–Crippen MR) is 108 cm³/mol. The van der Waals surface area contributed by atoms with Gasteiger partial charge in [0.05, 0.1) is 0 Å². The summed E-state index contributed by atoms with van der Waals surface area (Å²) in [5.74, 6) is 0. The van der Waals surface area contributed by atoms with Gasteiger partial charge in [0, 0.05) is 0 Å². The standard InChI is InChI=1S/C23H46/c1-3-5-7-9-11-13-15-17-19-21-23-22-20-18-16-14-12-10-8-6-4-2/h3,5H,4,6-23H2,1-2H3. The second-order valence-electron chi connectivity index (χ2n) is 7.37. The van der Waals surface area contributed by atoms with Crippen LogP contribution in [0.1, 0.15) is 136 Å². The summed E-state index contributed by atoms with van der Waals surface area (Å²) < 4.78 is 0. The second-order valence-corrected chi connectivity index (χ2v) is 7.37. The summed E-state index contributed by atoms with van der Waals surface area (Å²) in [6.07, 6.45) is 32.1. The number of rotatable bonds is 19. The van der Waals surface area contributed by atoms with Gasteiger partial charge < -0.3 is 0 Å². The van der Waals surface area contributed by atoms with Crippen LogP contribution < -0.4 is 0 Å². The average molecular weight is 323 g/mol. The Hall–Kier alpha value is -0.260. The van der Waals surface area contributed by atoms with E-state index in [9.17, 15) is 0 Å². The van der Waals surface area contributed by atoms with E-state index < -0.39 is 0 Å². The van der Waals surface area contributed by atoms with Crippen molar-refractivity contribution in [2.45, 2.75) is 136 Å². The molecule has 0 aliphatic rings. The van der Waals surface area contributed by atoms with Gasteiger partial charge in [0.15, 0.2) is 0 Å². The van der Waals surface area contributed by atoms with Crippen LogP contribution in [0.2, 0.25) is 0 Å². The van der Waals surface area contributed by atoms with Crippen molar-refractivity contribution in [1.82, 2.24) is 0 Å². The minimum absolute atomic E-state index is 1.29. The van der Waals surface area contributed by atoms with Gasteiger partial charge in [-0.15, -0.1) is 0 Å². The maximum Gasteiger partial charge on any atom is -0.0351 e. The molecule has 0 radical (unpaired) electrons. The Morgan fingerprint density at radius 1 is 0.435 bits per heavy atom. The zero-order chi connectivity index (χ0) is 16.8. The molecule has 0 N–H and O–H groups in total. The third kappa shape index (κ3) is 21.7. The number of hydrogen-bond donors (Lipinski definition) is 0. The molecule has 0 aliphatic heterocycles. The largest absolute Gasteiger partial charge is 0.0917 e. The lowest BCUT2D eigenvalue weighted by atomic mass is 10.0. The van der Waals surface area contributed by atoms with Crippen LogP contribution in [0.15, 0.2) is 12.2 Å². The molecule has 0 heteroatoms. The molecule has 0 aromatic rings. The summed E-state index contributed by atoms with van der Waals surface area (Å²) in [6, 6.07) is 0. The molecule has 0 saturated carbocycles. The zero-order valence-electron chi connectivity index (χ0n) is 16.6. The van der Waals surface area contributed by atoms with Crippen LogP contribution in [-0.2, 0) is 0 Å². The van der Waals surface area contributed by atoms with Gasteiger partial charge in [0.25, 0.3) is 0 Å². The molecule has 0 amide bonds. The molecule has 0 nitrogen and oxygen atoms in total. The van der Waals surface area contributed by atoms with E-state index in [2.05, 4.69) is 26.0 Å². The van der Waals surface area contributed by atoms with E-state index in [0.717, 1.165) is 0 Å². The third-order valence-electron chi connectivity index (χ3n) is 4.96. The molecule has 138 valence electrons. The van der Waals surface area contributed by atoms with Crippen molar-refractivity contribution >= 4 is 0 Å². The van der Waals surface area contributed by atoms with E-state index in [-0.39, 0.29) is 0 Å². The van der Waals surface area contributed by atoms with Crippen LogP contribution in [-0.4, -0.2) is 0 Å². The molecule has 0 aromatic carbocycles. The third-order valence-corrected chi connectivity index (χ3v) is 4.96. The van der Waals surface area contributed by atoms with Gasteiger partial charge in [0.2, 0.25) is 0 Å². The molecular weight excluding hydrogens is 276 g/mol. The van der Waals surface area contributed by atoms with Crippen LogP contribution >= 0.6 is 0 Å². The van der Waals surface area contributed by atoms with Crippen molar-refractivity contribution in [3.05, 3.63) is 12.2 Å². The Morgan fingerprint density at radius 2 is 0.739 bits per heavy atom. The number of unbranched alkanes of at least 4 members (excludes halogenated alkanes) is 18. The zero-order valence-corrected chi connectivity index (χ0v) is 16.6. The Balaban J connectivity index is 2.95. The van der Waals surface area contributed by atoms with Gasteiger partial charge >= 0.3 is 0 Å². The lowest BCUT2D eigenvalue weighted by Crippen LogP contribution is -1.84. The van der Waals surface area contributed by atoms with E-state index in [0.29, 0.717) is 0 Å². The second kappa shape index (κ2) is 21.7. The minimum Gasteiger partial charge on any atom is -0.0917 e. The van der Waals surface area contributed by atoms with Crippen LogP contribution in [0.5, 0.6) is 0 Å². The van der Waals surface area contributed by atoms with Crippen molar-refractivity contribution in [3.8, 4) is 0 Å². The highest BCUT2D eigenvalue weighted by atomic mass is 14.0. The number of allylic oxidation sites excluding steroid dienone is 2. The fourth-order valence-corrected chi connectivity index (χ4v) is 3.33. The first-order chi connectivity index (χ1) is 11.4. The SMILES string of the molecule is CC=CCCCCCCCCCCCCCCCCCCCC. The van der Waals surface area contributed by atoms with E-state index in [1.807, 2.05) is 0 Å². The molecule has 0 spiro atoms. The topological polar surface area (TPSA) is 0 Å². The van der Waals surface area contributed by atoms with E-state index in [1.165, 1.54) is 122 Å². The molecule has 0 unspecified atom stereocenters. The molecule has 0 atom stereocenters. The predicted octanol–water partition coefficient (Wildman–Crippen LogP) is 8.99. The Kier molecular flexibility index (Phi) is 21.5. The summed E-state index contributed by atoms with van der Waals surface area (Å²) in [4.78, 5) is 0. The smallest absolute Gasteiger partial charge is 0.0351 e. The summed E-state index contributed by atoms with van der Waals surface area (Å²) in [7, 11) is 0. The monoisotopic (exact) mass is 322 g/mol. The van der Waals surface area contributed by atoms with Gasteiger partial charge in [0.1, 0.15) is 0 Å². The Bertz CT molecular complexity index is 216. The maximum absolute atomic E-state index is 2.30. The normalized spacial score (nSPS) is 11.6. The average Bonchev–Trinajstić information content (AvgIpc) is 2.57. The quantitative estimate of drug-likeness (QED) is 0.164. The molecule has 0 saturated heterocycles. The van der Waals surface area contributed by atoms with Crippen LogP contribution in [0.3, 0.4) is 0 Å². The van der Waals surface area contributed by atoms with E-state index in [1.54, 1.807) is 0 Å². The summed E-state index contributed by atoms with van der Waals surface area (Å²) in [5.41, 5.74) is 0. The molecule has 0 heterocycles. The fraction of sp³-hybridized carbons (Fsp3) is 0.913. The van der Waals surface area contributed by atoms with Gasteiger partial charge in [-0.25, -0.2) is 0 Å². The van der Waals surface area contributed by atoms with Crippen molar-refractivity contribution in [2.75, 3.05) is 0 Å². The van der Waals surface area contributed by atoms with E-state index in [4.69, 9.17) is 0 Å². The van der Waals surface area contributed by atoms with Crippen LogP contribution in [0.25, 0.3) is 0 Å². The van der Waals surface area contributed by atoms with Crippen molar-refractivity contribution < 1.29 is 0 Å². The summed E-state index contributed by atoms with van der Waals surface area (Å²) in [6.45, 7) is 4.42. The Labute approximate surface area is 148 Å². The van der Waals surface area contributed by atoms with Gasteiger partial charge in [-0.05, 0) is 19.8 Å². The van der Waals surface area contributed by atoms with Crippen molar-refractivity contribution in [3.63, 3.8) is 0 Å². The van der Waals surface area contributed by atoms with Gasteiger partial charge in [-0.1, -0.05) is 128 Å². The van der Waals surface area contributed by atoms with Crippen molar-refractivity contribution in [2.24, 2.45) is 0 Å². The minimum atomic E-state index is 1.29. The van der Waals surface area contributed by atoms with Gasteiger partial charge in [-0.2, -0.15) is 0 Å². The highest BCUT2D eigenvalue weighted by molar-refractivity contribution is 4.76. The van der Waals surface area contributed by atoms with Crippen molar-refractivity contribution in [1.29, 1.82) is 0 Å². The molecule has 23 heavy (non-hydrogen) atoms. The Morgan fingerprint density at radius 3 is 1.04 bits per heavy atom. The van der Waals surface area contributed by atoms with E-state index >= 15 is 0 Å². The van der Waals surface area contributed by atoms with Crippen LogP contribution in [0.4, 0.5) is 0 Å². The summed E-state index contributed by atoms with van der Waals surface area (Å²) >= 11 is 0. The fourth-order valence-electron chi connectivity index (χ4n) is 3.33. The lowest BCUT2D eigenvalue weighted by Gasteiger charge is -2.03. The lowest BCUT2D eigenvalue weighted by molar-refractivity contribution is 0.525. The molecule has 0 bridgehead atoms. The first-order valence-electron chi connectivity index (χ1n) is 11.0. The molecule has 0 fully saturated rings. The summed E-state index contributed by atoms with van der Waals surface area (Å²) in [5, 5.41) is 0. The molecule has 0 aromatic heterocycles.